The molecule has 4 unspecified atom stereocenters. The Labute approximate surface area is 129 Å². The maximum Gasteiger partial charge on any atom is 0.231 e. The molecular weight excluding hydrogens is 280 g/mol. The van der Waals surface area contributed by atoms with Gasteiger partial charge in [0.15, 0.2) is 11.5 Å². The van der Waals surface area contributed by atoms with Crippen molar-refractivity contribution in [1.29, 1.82) is 0 Å². The first-order valence-corrected chi connectivity index (χ1v) is 8.06. The summed E-state index contributed by atoms with van der Waals surface area (Å²) in [5.74, 6) is 1.92. The number of nitrogens with two attached hydrogens (primary N) is 1. The predicted molar refractivity (Wildman–Crippen MR) is 81.1 cm³/mol. The lowest BCUT2D eigenvalue weighted by atomic mass is 9.68. The number of fused-ring (bicyclic) bond motifs is 3. The zero-order valence-corrected chi connectivity index (χ0v) is 12.5. The van der Waals surface area contributed by atoms with E-state index in [1.807, 2.05) is 12.3 Å². The Balaban J connectivity index is 1.58. The van der Waals surface area contributed by atoms with Crippen LogP contribution in [0.5, 0.6) is 11.5 Å². The number of benzene rings is 1. The number of rotatable bonds is 2. The van der Waals surface area contributed by atoms with E-state index in [0.29, 0.717) is 19.3 Å². The van der Waals surface area contributed by atoms with Crippen molar-refractivity contribution >= 4 is 6.21 Å². The molecule has 0 aromatic heterocycles. The van der Waals surface area contributed by atoms with Gasteiger partial charge in [0.05, 0.1) is 6.61 Å². The fraction of sp³-hybridized carbons (Fsp3) is 0.588. The smallest absolute Gasteiger partial charge is 0.231 e. The molecule has 5 rings (SSSR count). The van der Waals surface area contributed by atoms with E-state index in [-0.39, 0.29) is 5.41 Å². The molecule has 5 nitrogen and oxygen atoms in total. The zero-order valence-electron chi connectivity index (χ0n) is 12.5. The van der Waals surface area contributed by atoms with E-state index in [1.54, 1.807) is 0 Å². The van der Waals surface area contributed by atoms with Gasteiger partial charge in [0.1, 0.15) is 0 Å². The molecule has 1 aromatic carbocycles. The summed E-state index contributed by atoms with van der Waals surface area (Å²) in [6.45, 7) is 0.836. The Morgan fingerprint density at radius 3 is 2.95 bits per heavy atom. The van der Waals surface area contributed by atoms with Crippen molar-refractivity contribution in [3.8, 4) is 11.5 Å². The normalized spacial score (nSPS) is 41.5. The second kappa shape index (κ2) is 4.24. The van der Waals surface area contributed by atoms with Crippen molar-refractivity contribution in [2.24, 2.45) is 22.1 Å². The molecule has 4 aliphatic rings. The molecule has 0 radical (unpaired) electrons. The van der Waals surface area contributed by atoms with Gasteiger partial charge in [-0.3, -0.25) is 5.73 Å². The first kappa shape index (κ1) is 12.9. The molecule has 116 valence electrons. The Bertz CT molecular complexity index is 661. The van der Waals surface area contributed by atoms with Crippen molar-refractivity contribution < 1.29 is 14.2 Å². The van der Waals surface area contributed by atoms with Gasteiger partial charge < -0.3 is 14.2 Å². The molecule has 2 heterocycles. The van der Waals surface area contributed by atoms with Gasteiger partial charge in [-0.25, -0.2) is 4.99 Å². The van der Waals surface area contributed by atoms with Gasteiger partial charge in [-0.05, 0) is 55.2 Å². The highest BCUT2D eigenvalue weighted by Gasteiger charge is 2.63. The fourth-order valence-electron chi connectivity index (χ4n) is 5.06. The third kappa shape index (κ3) is 1.53. The minimum absolute atomic E-state index is 0.0850. The van der Waals surface area contributed by atoms with Gasteiger partial charge in [0, 0.05) is 11.6 Å². The van der Waals surface area contributed by atoms with Crippen LogP contribution in [0.3, 0.4) is 0 Å². The van der Waals surface area contributed by atoms with Gasteiger partial charge >= 0.3 is 0 Å². The van der Waals surface area contributed by atoms with Crippen LogP contribution in [0.15, 0.2) is 23.2 Å². The summed E-state index contributed by atoms with van der Waals surface area (Å²) in [5, 5.41) is 0. The largest absolute Gasteiger partial charge is 0.454 e. The average Bonchev–Trinajstić information content (AvgIpc) is 3.29. The van der Waals surface area contributed by atoms with Crippen LogP contribution in [0.4, 0.5) is 0 Å². The number of ether oxygens (including phenoxy) is 3. The van der Waals surface area contributed by atoms with Gasteiger partial charge in [0.25, 0.3) is 0 Å². The molecule has 2 bridgehead atoms. The number of hydrogen-bond acceptors (Lipinski definition) is 5. The lowest BCUT2D eigenvalue weighted by Gasteiger charge is -2.44. The predicted octanol–water partition coefficient (Wildman–Crippen LogP) is 2.40. The summed E-state index contributed by atoms with van der Waals surface area (Å²) in [4.78, 5) is 4.54. The molecule has 2 fully saturated rings. The van der Waals surface area contributed by atoms with Crippen LogP contribution >= 0.6 is 0 Å². The van der Waals surface area contributed by atoms with E-state index in [0.717, 1.165) is 36.7 Å². The number of hydrogen-bond donors (Lipinski definition) is 1. The lowest BCUT2D eigenvalue weighted by Crippen LogP contribution is -2.55. The molecule has 5 heteroatoms. The van der Waals surface area contributed by atoms with Gasteiger partial charge in [-0.2, -0.15) is 0 Å². The van der Waals surface area contributed by atoms with Crippen molar-refractivity contribution in [1.82, 2.24) is 0 Å². The molecular formula is C17H20N2O3. The molecule has 2 N–H and O–H groups in total. The molecule has 2 aliphatic carbocycles. The van der Waals surface area contributed by atoms with Crippen LogP contribution in [-0.2, 0) is 4.74 Å². The quantitative estimate of drug-likeness (QED) is 0.911. The first-order valence-electron chi connectivity index (χ1n) is 8.06. The first-order chi connectivity index (χ1) is 10.7. The second-order valence-electron chi connectivity index (χ2n) is 6.99. The minimum Gasteiger partial charge on any atom is -0.454 e. The molecule has 22 heavy (non-hydrogen) atoms. The molecule has 0 spiro atoms. The lowest BCUT2D eigenvalue weighted by molar-refractivity contribution is -0.106. The fourth-order valence-corrected chi connectivity index (χ4v) is 5.06. The van der Waals surface area contributed by atoms with E-state index in [2.05, 4.69) is 17.1 Å². The van der Waals surface area contributed by atoms with Crippen LogP contribution in [0.25, 0.3) is 0 Å². The van der Waals surface area contributed by atoms with Crippen LogP contribution in [0.1, 0.15) is 37.2 Å². The summed E-state index contributed by atoms with van der Waals surface area (Å²) < 4.78 is 16.9. The van der Waals surface area contributed by atoms with Gasteiger partial charge in [-0.15, -0.1) is 0 Å². The molecule has 1 aromatic rings. The van der Waals surface area contributed by atoms with Crippen LogP contribution < -0.4 is 15.2 Å². The van der Waals surface area contributed by atoms with E-state index < -0.39 is 5.85 Å². The Kier molecular flexibility index (Phi) is 2.48. The summed E-state index contributed by atoms with van der Waals surface area (Å²) >= 11 is 0. The highest BCUT2D eigenvalue weighted by Crippen LogP contribution is 2.66. The van der Waals surface area contributed by atoms with Gasteiger partial charge in [0.2, 0.25) is 12.6 Å². The van der Waals surface area contributed by atoms with Gasteiger partial charge in [-0.1, -0.05) is 6.07 Å². The number of nitrogens with zero attached hydrogens (tertiary/aromatic N) is 1. The van der Waals surface area contributed by atoms with E-state index in [9.17, 15) is 0 Å². The molecule has 0 saturated heterocycles. The van der Waals surface area contributed by atoms with Crippen molar-refractivity contribution in [2.45, 2.75) is 37.5 Å². The topological polar surface area (TPSA) is 66.1 Å². The standard InChI is InChI=1S/C17H20N2O3/c18-17(19-5-6-22-17)16-4-3-11(9-16)7-13(16)12-1-2-14-15(8-12)21-10-20-14/h1-2,5,8,11,13H,3-4,6-7,9-10,18H2. The maximum atomic E-state index is 6.60. The zero-order chi connectivity index (χ0) is 14.8. The second-order valence-corrected chi connectivity index (χ2v) is 6.99. The summed E-state index contributed by atoms with van der Waals surface area (Å²) in [6, 6.07) is 6.29. The molecule has 0 amide bonds. The van der Waals surface area contributed by atoms with Crippen LogP contribution in [0, 0.1) is 11.3 Å². The van der Waals surface area contributed by atoms with E-state index in [1.165, 1.54) is 12.0 Å². The van der Waals surface area contributed by atoms with Crippen molar-refractivity contribution in [3.05, 3.63) is 23.8 Å². The monoisotopic (exact) mass is 300 g/mol. The molecule has 2 aliphatic heterocycles. The Morgan fingerprint density at radius 1 is 1.23 bits per heavy atom. The third-order valence-corrected chi connectivity index (χ3v) is 6.06. The Morgan fingerprint density at radius 2 is 2.14 bits per heavy atom. The molecule has 4 atom stereocenters. The van der Waals surface area contributed by atoms with E-state index >= 15 is 0 Å². The van der Waals surface area contributed by atoms with Crippen molar-refractivity contribution in [2.75, 3.05) is 13.4 Å². The highest BCUT2D eigenvalue weighted by molar-refractivity contribution is 5.61. The van der Waals surface area contributed by atoms with E-state index in [4.69, 9.17) is 19.9 Å². The minimum atomic E-state index is -0.862. The maximum absolute atomic E-state index is 6.60. The Hall–Kier alpha value is -1.59. The summed E-state index contributed by atoms with van der Waals surface area (Å²) in [5.41, 5.74) is 7.80. The average molecular weight is 300 g/mol. The van der Waals surface area contributed by atoms with Crippen LogP contribution in [0.2, 0.25) is 0 Å². The number of aliphatic imine (C=N–C) groups is 1. The van der Waals surface area contributed by atoms with Crippen molar-refractivity contribution in [3.63, 3.8) is 0 Å². The summed E-state index contributed by atoms with van der Waals surface area (Å²) in [7, 11) is 0. The molecule has 2 saturated carbocycles. The SMILES string of the molecule is NC1(C23CCC(CC2c2ccc4c(c2)OCO4)C3)N=CCO1. The summed E-state index contributed by atoms with van der Waals surface area (Å²) in [6.07, 6.45) is 6.41. The third-order valence-electron chi connectivity index (χ3n) is 6.06. The highest BCUT2D eigenvalue weighted by atomic mass is 16.7. The van der Waals surface area contributed by atoms with Crippen LogP contribution in [-0.4, -0.2) is 25.5 Å².